The molecule has 22 heavy (non-hydrogen) atoms. The van der Waals surface area contributed by atoms with Crippen LogP contribution in [0.25, 0.3) is 0 Å². The van der Waals surface area contributed by atoms with E-state index < -0.39 is 0 Å². The number of aromatic nitrogens is 3. The topological polar surface area (TPSA) is 63.1 Å². The van der Waals surface area contributed by atoms with E-state index in [-0.39, 0.29) is 18.0 Å². The molecule has 0 bridgehead atoms. The van der Waals surface area contributed by atoms with Crippen molar-refractivity contribution in [2.45, 2.75) is 31.8 Å². The van der Waals surface area contributed by atoms with Gasteiger partial charge in [0.05, 0.1) is 6.04 Å². The van der Waals surface area contributed by atoms with Gasteiger partial charge in [-0.15, -0.1) is 11.3 Å². The second-order valence-electron chi connectivity index (χ2n) is 5.57. The summed E-state index contributed by atoms with van der Waals surface area (Å²) in [6.07, 6.45) is 5.50. The van der Waals surface area contributed by atoms with Gasteiger partial charge in [-0.25, -0.2) is 9.67 Å². The van der Waals surface area contributed by atoms with E-state index in [1.165, 1.54) is 24.0 Å². The Morgan fingerprint density at radius 1 is 1.45 bits per heavy atom. The van der Waals surface area contributed by atoms with E-state index in [1.807, 2.05) is 6.92 Å². The first-order chi connectivity index (χ1) is 10.8. The highest BCUT2D eigenvalue weighted by Crippen LogP contribution is 2.27. The average molecular weight is 319 g/mol. The molecule has 7 heteroatoms. The summed E-state index contributed by atoms with van der Waals surface area (Å²) in [4.78, 5) is 20.0. The van der Waals surface area contributed by atoms with Crippen LogP contribution < -0.4 is 5.32 Å². The van der Waals surface area contributed by atoms with Crippen LogP contribution in [0.15, 0.2) is 30.2 Å². The molecule has 1 N–H and O–H groups in total. The summed E-state index contributed by atoms with van der Waals surface area (Å²) in [5, 5.41) is 9.20. The molecule has 1 aliphatic heterocycles. The summed E-state index contributed by atoms with van der Waals surface area (Å²) in [6, 6.07) is 4.16. The maximum absolute atomic E-state index is 12.3. The minimum Gasteiger partial charge on any atom is -0.352 e. The van der Waals surface area contributed by atoms with E-state index in [4.69, 9.17) is 0 Å². The second-order valence-corrected chi connectivity index (χ2v) is 6.55. The first-order valence-electron chi connectivity index (χ1n) is 7.65. The number of hydrogen-bond donors (Lipinski definition) is 1. The Labute approximate surface area is 134 Å². The second kappa shape index (κ2) is 7.02. The third-order valence-electron chi connectivity index (χ3n) is 4.14. The minimum atomic E-state index is -0.343. The summed E-state index contributed by atoms with van der Waals surface area (Å²) < 4.78 is 1.57. The van der Waals surface area contributed by atoms with E-state index in [0.29, 0.717) is 6.54 Å². The van der Waals surface area contributed by atoms with Crippen molar-refractivity contribution in [2.24, 2.45) is 0 Å². The van der Waals surface area contributed by atoms with Crippen molar-refractivity contribution in [1.82, 2.24) is 25.0 Å². The Kier molecular flexibility index (Phi) is 4.84. The molecule has 2 aromatic heterocycles. The van der Waals surface area contributed by atoms with Crippen LogP contribution in [0.3, 0.4) is 0 Å². The molecule has 3 heterocycles. The molecule has 2 atom stereocenters. The molecule has 0 aromatic carbocycles. The highest BCUT2D eigenvalue weighted by Gasteiger charge is 2.25. The molecule has 118 valence electrons. The summed E-state index contributed by atoms with van der Waals surface area (Å²) in [5.74, 6) is -0.0220. The van der Waals surface area contributed by atoms with Crippen LogP contribution in [-0.2, 0) is 4.79 Å². The molecular formula is C15H21N5OS. The number of likely N-dealkylation sites (tertiary alicyclic amines) is 1. The molecule has 1 aliphatic rings. The number of carbonyl (C=O) groups excluding carboxylic acids is 1. The van der Waals surface area contributed by atoms with Gasteiger partial charge in [0.15, 0.2) is 0 Å². The van der Waals surface area contributed by atoms with Crippen LogP contribution in [0.2, 0.25) is 0 Å². The molecule has 0 saturated carbocycles. The third kappa shape index (κ3) is 3.36. The van der Waals surface area contributed by atoms with Crippen molar-refractivity contribution in [3.63, 3.8) is 0 Å². The fourth-order valence-corrected chi connectivity index (χ4v) is 3.69. The van der Waals surface area contributed by atoms with Gasteiger partial charge in [-0.2, -0.15) is 5.10 Å². The van der Waals surface area contributed by atoms with Crippen molar-refractivity contribution in [1.29, 1.82) is 0 Å². The minimum absolute atomic E-state index is 0.0220. The maximum atomic E-state index is 12.3. The monoisotopic (exact) mass is 319 g/mol. The Morgan fingerprint density at radius 2 is 2.27 bits per heavy atom. The normalized spacial score (nSPS) is 18.2. The zero-order valence-electron chi connectivity index (χ0n) is 12.7. The summed E-state index contributed by atoms with van der Waals surface area (Å²) >= 11 is 1.76. The standard InChI is InChI=1S/C15H21N5OS/c1-12(20-11-16-10-18-20)15(21)17-9-13(14-5-4-8-22-14)19-6-2-3-7-19/h4-5,8,10-13H,2-3,6-7,9H2,1H3,(H,17,21)/t12-,13-/m0/s1. The number of rotatable bonds is 6. The maximum Gasteiger partial charge on any atom is 0.244 e. The van der Waals surface area contributed by atoms with E-state index in [9.17, 15) is 4.79 Å². The Bertz CT molecular complexity index is 577. The van der Waals surface area contributed by atoms with Gasteiger partial charge in [0, 0.05) is 11.4 Å². The SMILES string of the molecule is C[C@@H](C(=O)NC[C@@H](c1cccs1)N1CCCC1)n1cncn1. The molecule has 1 saturated heterocycles. The Hall–Kier alpha value is -1.73. The number of carbonyl (C=O) groups is 1. The molecule has 2 aromatic rings. The summed E-state index contributed by atoms with van der Waals surface area (Å²) in [5.41, 5.74) is 0. The molecule has 3 rings (SSSR count). The lowest BCUT2D eigenvalue weighted by Crippen LogP contribution is -2.39. The quantitative estimate of drug-likeness (QED) is 0.883. The predicted molar refractivity (Wildman–Crippen MR) is 85.6 cm³/mol. The van der Waals surface area contributed by atoms with Crippen LogP contribution in [0.4, 0.5) is 0 Å². The smallest absolute Gasteiger partial charge is 0.244 e. The van der Waals surface area contributed by atoms with Gasteiger partial charge in [-0.05, 0) is 44.3 Å². The zero-order valence-corrected chi connectivity index (χ0v) is 13.5. The molecule has 0 unspecified atom stereocenters. The predicted octanol–water partition coefficient (Wildman–Crippen LogP) is 1.85. The van der Waals surface area contributed by atoms with E-state index in [1.54, 1.807) is 22.3 Å². The van der Waals surface area contributed by atoms with Crippen molar-refractivity contribution in [3.8, 4) is 0 Å². The van der Waals surface area contributed by atoms with Crippen LogP contribution in [0, 0.1) is 0 Å². The molecule has 1 fully saturated rings. The lowest BCUT2D eigenvalue weighted by molar-refractivity contribution is -0.124. The lowest BCUT2D eigenvalue weighted by Gasteiger charge is -2.27. The highest BCUT2D eigenvalue weighted by atomic mass is 32.1. The van der Waals surface area contributed by atoms with Gasteiger partial charge < -0.3 is 5.32 Å². The molecule has 0 radical (unpaired) electrons. The number of nitrogens with zero attached hydrogens (tertiary/aromatic N) is 4. The van der Waals surface area contributed by atoms with E-state index in [0.717, 1.165) is 13.1 Å². The lowest BCUT2D eigenvalue weighted by atomic mass is 10.2. The van der Waals surface area contributed by atoms with Gasteiger partial charge in [-0.1, -0.05) is 6.07 Å². The zero-order chi connectivity index (χ0) is 15.4. The number of hydrogen-bond acceptors (Lipinski definition) is 5. The number of nitrogens with one attached hydrogen (secondary N) is 1. The van der Waals surface area contributed by atoms with Crippen LogP contribution >= 0.6 is 11.3 Å². The molecular weight excluding hydrogens is 298 g/mol. The van der Waals surface area contributed by atoms with Gasteiger partial charge in [0.2, 0.25) is 5.91 Å². The van der Waals surface area contributed by atoms with Gasteiger partial charge in [0.25, 0.3) is 0 Å². The van der Waals surface area contributed by atoms with E-state index in [2.05, 4.69) is 37.8 Å². The molecule has 1 amide bonds. The summed E-state index contributed by atoms with van der Waals surface area (Å²) in [6.45, 7) is 4.69. The highest BCUT2D eigenvalue weighted by molar-refractivity contribution is 7.10. The van der Waals surface area contributed by atoms with Gasteiger partial charge in [-0.3, -0.25) is 9.69 Å². The molecule has 0 aliphatic carbocycles. The summed E-state index contributed by atoms with van der Waals surface area (Å²) in [7, 11) is 0. The number of amides is 1. The van der Waals surface area contributed by atoms with Crippen LogP contribution in [-0.4, -0.2) is 45.2 Å². The van der Waals surface area contributed by atoms with Crippen molar-refractivity contribution in [3.05, 3.63) is 35.0 Å². The van der Waals surface area contributed by atoms with Crippen LogP contribution in [0.5, 0.6) is 0 Å². The van der Waals surface area contributed by atoms with Crippen molar-refractivity contribution in [2.75, 3.05) is 19.6 Å². The fraction of sp³-hybridized carbons (Fsp3) is 0.533. The fourth-order valence-electron chi connectivity index (χ4n) is 2.83. The van der Waals surface area contributed by atoms with Crippen LogP contribution in [0.1, 0.15) is 36.7 Å². The Balaban J connectivity index is 1.62. The average Bonchev–Trinajstić information content (AvgIpc) is 3.27. The number of thiophene rings is 1. The molecule has 6 nitrogen and oxygen atoms in total. The first kappa shape index (κ1) is 15.2. The van der Waals surface area contributed by atoms with Gasteiger partial charge >= 0.3 is 0 Å². The largest absolute Gasteiger partial charge is 0.352 e. The molecule has 0 spiro atoms. The van der Waals surface area contributed by atoms with Crippen molar-refractivity contribution < 1.29 is 4.79 Å². The Morgan fingerprint density at radius 3 is 2.91 bits per heavy atom. The van der Waals surface area contributed by atoms with E-state index >= 15 is 0 Å². The van der Waals surface area contributed by atoms with Crippen molar-refractivity contribution >= 4 is 17.2 Å². The third-order valence-corrected chi connectivity index (χ3v) is 5.11. The first-order valence-corrected chi connectivity index (χ1v) is 8.53. The van der Waals surface area contributed by atoms with Gasteiger partial charge in [0.1, 0.15) is 18.7 Å².